The fraction of sp³-hybridized carbons (Fsp3) is 0.474. The highest BCUT2D eigenvalue weighted by molar-refractivity contribution is 5.88. The molecule has 1 aromatic carbocycles. The lowest BCUT2D eigenvalue weighted by atomic mass is 9.90. The summed E-state index contributed by atoms with van der Waals surface area (Å²) >= 11 is 0. The minimum Gasteiger partial charge on any atom is -0.378 e. The normalized spacial score (nSPS) is 24.5. The van der Waals surface area contributed by atoms with E-state index < -0.39 is 5.60 Å². The van der Waals surface area contributed by atoms with E-state index in [1.165, 1.54) is 6.92 Å². The molecule has 2 aliphatic rings. The number of piperidine rings is 1. The zero-order valence-electron chi connectivity index (χ0n) is 14.1. The first-order valence-corrected chi connectivity index (χ1v) is 8.51. The molecule has 0 aromatic heterocycles. The van der Waals surface area contributed by atoms with E-state index in [1.807, 2.05) is 30.3 Å². The summed E-state index contributed by atoms with van der Waals surface area (Å²) in [5, 5.41) is 10.9. The molecule has 1 aromatic rings. The Bertz CT molecular complexity index is 656. The van der Waals surface area contributed by atoms with Gasteiger partial charge in [-0.25, -0.2) is 0 Å². The molecule has 1 saturated heterocycles. The highest BCUT2D eigenvalue weighted by atomic mass is 16.3. The minimum absolute atomic E-state index is 0.0931. The summed E-state index contributed by atoms with van der Waals surface area (Å²) in [6, 6.07) is 10.0. The third-order valence-electron chi connectivity index (χ3n) is 4.90. The molecule has 3 rings (SSSR count). The van der Waals surface area contributed by atoms with E-state index >= 15 is 0 Å². The van der Waals surface area contributed by atoms with Crippen LogP contribution in [-0.4, -0.2) is 58.5 Å². The summed E-state index contributed by atoms with van der Waals surface area (Å²) in [7, 11) is 0. The number of β-amino-alcohol motifs (C(OH)–C–C–N with tert-alkyl or cyclic N) is 1. The zero-order valence-corrected chi connectivity index (χ0v) is 14.1. The van der Waals surface area contributed by atoms with Gasteiger partial charge in [-0.05, 0) is 30.4 Å². The van der Waals surface area contributed by atoms with E-state index in [0.29, 0.717) is 32.5 Å². The Balaban J connectivity index is 1.73. The Labute approximate surface area is 142 Å². The second-order valence-electron chi connectivity index (χ2n) is 6.69. The minimum atomic E-state index is -1.46. The molecule has 0 unspecified atom stereocenters. The maximum absolute atomic E-state index is 12.9. The molecule has 5 heteroatoms. The van der Waals surface area contributed by atoms with Crippen LogP contribution in [0.25, 0.3) is 5.57 Å². The molecule has 1 N–H and O–H groups in total. The second kappa shape index (κ2) is 6.77. The van der Waals surface area contributed by atoms with Gasteiger partial charge in [-0.1, -0.05) is 36.4 Å². The van der Waals surface area contributed by atoms with E-state index in [0.717, 1.165) is 17.6 Å². The maximum atomic E-state index is 12.9. The Hall–Kier alpha value is -2.14. The molecule has 2 amide bonds. The van der Waals surface area contributed by atoms with Crippen LogP contribution in [0.2, 0.25) is 0 Å². The number of likely N-dealkylation sites (tertiary alicyclic amines) is 1. The van der Waals surface area contributed by atoms with Gasteiger partial charge < -0.3 is 14.9 Å². The van der Waals surface area contributed by atoms with Gasteiger partial charge >= 0.3 is 0 Å². The number of benzene rings is 1. The van der Waals surface area contributed by atoms with Gasteiger partial charge in [-0.15, -0.1) is 0 Å². The van der Waals surface area contributed by atoms with Gasteiger partial charge in [-0.3, -0.25) is 9.59 Å². The number of amides is 2. The van der Waals surface area contributed by atoms with Gasteiger partial charge in [0.15, 0.2) is 5.60 Å². The number of carbonyl (C=O) groups is 2. The van der Waals surface area contributed by atoms with Crippen LogP contribution in [0, 0.1) is 0 Å². The Kier molecular flexibility index (Phi) is 4.71. The van der Waals surface area contributed by atoms with Crippen molar-refractivity contribution in [3.05, 3.63) is 42.0 Å². The summed E-state index contributed by atoms with van der Waals surface area (Å²) in [4.78, 5) is 27.8. The SMILES string of the molecule is CC(=O)N1CCC[C@@](O)(C(=O)N2CCC=C(c3ccccc3)C2)C1. The molecule has 128 valence electrons. The first-order chi connectivity index (χ1) is 11.5. The second-order valence-corrected chi connectivity index (χ2v) is 6.69. The van der Waals surface area contributed by atoms with Crippen LogP contribution in [0.15, 0.2) is 36.4 Å². The van der Waals surface area contributed by atoms with Crippen molar-refractivity contribution >= 4 is 17.4 Å². The first kappa shape index (κ1) is 16.7. The third-order valence-corrected chi connectivity index (χ3v) is 4.90. The standard InChI is InChI=1S/C19H24N2O3/c1-15(22)21-12-6-10-19(24,14-21)18(23)20-11-5-9-17(13-20)16-7-3-2-4-8-16/h2-4,7-9,24H,5-6,10-14H2,1H3/t19-/m0/s1. The van der Waals surface area contributed by atoms with Crippen molar-refractivity contribution < 1.29 is 14.7 Å². The lowest BCUT2D eigenvalue weighted by Gasteiger charge is -2.41. The van der Waals surface area contributed by atoms with Gasteiger partial charge in [0.1, 0.15) is 0 Å². The van der Waals surface area contributed by atoms with Crippen molar-refractivity contribution in [2.45, 2.75) is 31.8 Å². The number of nitrogens with zero attached hydrogens (tertiary/aromatic N) is 2. The van der Waals surface area contributed by atoms with Crippen molar-refractivity contribution in [3.8, 4) is 0 Å². The average Bonchev–Trinajstić information content (AvgIpc) is 2.62. The third kappa shape index (κ3) is 3.36. The van der Waals surface area contributed by atoms with E-state index in [2.05, 4.69) is 6.08 Å². The van der Waals surface area contributed by atoms with Gasteiger partial charge in [0, 0.05) is 26.6 Å². The van der Waals surface area contributed by atoms with Crippen LogP contribution in [0.1, 0.15) is 31.7 Å². The molecule has 0 bridgehead atoms. The van der Waals surface area contributed by atoms with E-state index in [-0.39, 0.29) is 18.4 Å². The van der Waals surface area contributed by atoms with Gasteiger partial charge in [0.2, 0.25) is 5.91 Å². The largest absolute Gasteiger partial charge is 0.378 e. The van der Waals surface area contributed by atoms with Crippen LogP contribution >= 0.6 is 0 Å². The van der Waals surface area contributed by atoms with Crippen LogP contribution in [0.5, 0.6) is 0 Å². The monoisotopic (exact) mass is 328 g/mol. The Morgan fingerprint density at radius 1 is 1.12 bits per heavy atom. The fourth-order valence-electron chi connectivity index (χ4n) is 3.55. The molecule has 0 saturated carbocycles. The molecular formula is C19H24N2O3. The summed E-state index contributed by atoms with van der Waals surface area (Å²) in [6.45, 7) is 3.30. The highest BCUT2D eigenvalue weighted by Crippen LogP contribution is 2.27. The van der Waals surface area contributed by atoms with Crippen molar-refractivity contribution in [3.63, 3.8) is 0 Å². The van der Waals surface area contributed by atoms with E-state index in [1.54, 1.807) is 9.80 Å². The number of rotatable bonds is 2. The summed E-state index contributed by atoms with van der Waals surface area (Å²) in [5.41, 5.74) is 0.761. The van der Waals surface area contributed by atoms with Crippen LogP contribution < -0.4 is 0 Å². The molecule has 1 fully saturated rings. The number of aliphatic hydroxyl groups is 1. The van der Waals surface area contributed by atoms with E-state index in [4.69, 9.17) is 0 Å². The maximum Gasteiger partial charge on any atom is 0.256 e. The summed E-state index contributed by atoms with van der Waals surface area (Å²) in [5.74, 6) is -0.348. The predicted molar refractivity (Wildman–Crippen MR) is 92.1 cm³/mol. The molecule has 5 nitrogen and oxygen atoms in total. The van der Waals surface area contributed by atoms with Gasteiger partial charge in [0.25, 0.3) is 5.91 Å². The zero-order chi connectivity index (χ0) is 17.2. The first-order valence-electron chi connectivity index (χ1n) is 8.51. The predicted octanol–water partition coefficient (Wildman–Crippen LogP) is 1.68. The molecular weight excluding hydrogens is 304 g/mol. The molecule has 0 spiro atoms. The van der Waals surface area contributed by atoms with Crippen molar-refractivity contribution in [2.24, 2.45) is 0 Å². The van der Waals surface area contributed by atoms with Crippen molar-refractivity contribution in [1.82, 2.24) is 9.80 Å². The molecule has 1 atom stereocenters. The number of carbonyl (C=O) groups excluding carboxylic acids is 2. The Morgan fingerprint density at radius 3 is 2.58 bits per heavy atom. The lowest BCUT2D eigenvalue weighted by molar-refractivity contribution is -0.159. The highest BCUT2D eigenvalue weighted by Gasteiger charge is 2.43. The lowest BCUT2D eigenvalue weighted by Crippen LogP contribution is -2.59. The quantitative estimate of drug-likeness (QED) is 0.898. The summed E-state index contributed by atoms with van der Waals surface area (Å²) in [6.07, 6.45) is 4.00. The van der Waals surface area contributed by atoms with Crippen molar-refractivity contribution in [1.29, 1.82) is 0 Å². The van der Waals surface area contributed by atoms with Crippen LogP contribution in [-0.2, 0) is 9.59 Å². The summed E-state index contributed by atoms with van der Waals surface area (Å²) < 4.78 is 0. The van der Waals surface area contributed by atoms with E-state index in [9.17, 15) is 14.7 Å². The average molecular weight is 328 g/mol. The molecule has 2 heterocycles. The number of hydrogen-bond donors (Lipinski definition) is 1. The number of hydrogen-bond acceptors (Lipinski definition) is 3. The smallest absolute Gasteiger partial charge is 0.256 e. The van der Waals surface area contributed by atoms with Crippen LogP contribution in [0.4, 0.5) is 0 Å². The van der Waals surface area contributed by atoms with Gasteiger partial charge in [-0.2, -0.15) is 0 Å². The van der Waals surface area contributed by atoms with Crippen molar-refractivity contribution in [2.75, 3.05) is 26.2 Å². The van der Waals surface area contributed by atoms with Crippen LogP contribution in [0.3, 0.4) is 0 Å². The Morgan fingerprint density at radius 2 is 1.88 bits per heavy atom. The fourth-order valence-corrected chi connectivity index (χ4v) is 3.55. The topological polar surface area (TPSA) is 60.9 Å². The molecule has 0 radical (unpaired) electrons. The molecule has 24 heavy (non-hydrogen) atoms. The van der Waals surface area contributed by atoms with Gasteiger partial charge in [0.05, 0.1) is 6.54 Å². The molecule has 2 aliphatic heterocycles. The molecule has 0 aliphatic carbocycles.